The summed E-state index contributed by atoms with van der Waals surface area (Å²) in [4.78, 5) is 26.0. The molecule has 1 aromatic carbocycles. The normalized spacial score (nSPS) is 27.7. The highest BCUT2D eigenvalue weighted by atomic mass is 16.5. The van der Waals surface area contributed by atoms with Crippen molar-refractivity contribution < 1.29 is 19.4 Å². The summed E-state index contributed by atoms with van der Waals surface area (Å²) in [5.74, 6) is -1.41. The first-order valence-electron chi connectivity index (χ1n) is 8.76. The molecule has 1 N–H and O–H groups in total. The summed E-state index contributed by atoms with van der Waals surface area (Å²) in [5.41, 5.74) is 2.21. The largest absolute Gasteiger partial charge is 0.481 e. The Hall–Kier alpha value is -1.88. The first-order valence-corrected chi connectivity index (χ1v) is 8.76. The van der Waals surface area contributed by atoms with E-state index < -0.39 is 11.9 Å². The minimum Gasteiger partial charge on any atom is -0.481 e. The van der Waals surface area contributed by atoms with Gasteiger partial charge in [0.25, 0.3) is 0 Å². The number of carbonyl (C=O) groups excluding carboxylic acids is 1. The lowest BCUT2D eigenvalue weighted by molar-refractivity contribution is -0.151. The van der Waals surface area contributed by atoms with Gasteiger partial charge < -0.3 is 14.7 Å². The predicted molar refractivity (Wildman–Crippen MR) is 89.5 cm³/mol. The van der Waals surface area contributed by atoms with Crippen LogP contribution in [0.15, 0.2) is 24.3 Å². The van der Waals surface area contributed by atoms with Crippen molar-refractivity contribution in [2.45, 2.75) is 38.7 Å². The Morgan fingerprint density at radius 3 is 2.62 bits per heavy atom. The van der Waals surface area contributed by atoms with Crippen LogP contribution in [0.1, 0.15) is 42.9 Å². The van der Waals surface area contributed by atoms with Crippen molar-refractivity contribution in [1.29, 1.82) is 0 Å². The van der Waals surface area contributed by atoms with E-state index in [2.05, 4.69) is 0 Å². The summed E-state index contributed by atoms with van der Waals surface area (Å²) in [5, 5.41) is 9.24. The number of ether oxygens (including phenoxy) is 1. The predicted octanol–water partition coefficient (Wildman–Crippen LogP) is 2.79. The second kappa shape index (κ2) is 7.34. The Morgan fingerprint density at radius 1 is 1.17 bits per heavy atom. The average molecular weight is 331 g/mol. The lowest BCUT2D eigenvalue weighted by atomic mass is 9.87. The molecule has 2 unspecified atom stereocenters. The van der Waals surface area contributed by atoms with Crippen LogP contribution in [-0.4, -0.2) is 41.6 Å². The minimum atomic E-state index is -0.803. The second-order valence-electron chi connectivity index (χ2n) is 6.91. The number of aryl methyl sites for hydroxylation is 1. The van der Waals surface area contributed by atoms with Gasteiger partial charge in [-0.15, -0.1) is 0 Å². The number of likely N-dealkylation sites (tertiary alicyclic amines) is 1. The van der Waals surface area contributed by atoms with Crippen LogP contribution in [0.5, 0.6) is 0 Å². The summed E-state index contributed by atoms with van der Waals surface area (Å²) < 4.78 is 5.94. The van der Waals surface area contributed by atoms with Gasteiger partial charge in [-0.25, -0.2) is 0 Å². The maximum absolute atomic E-state index is 13.0. The van der Waals surface area contributed by atoms with Crippen molar-refractivity contribution in [3.63, 3.8) is 0 Å². The zero-order valence-corrected chi connectivity index (χ0v) is 14.1. The second-order valence-corrected chi connectivity index (χ2v) is 6.91. The quantitative estimate of drug-likeness (QED) is 0.925. The van der Waals surface area contributed by atoms with Crippen molar-refractivity contribution >= 4 is 11.9 Å². The number of hydrogen-bond donors (Lipinski definition) is 1. The van der Waals surface area contributed by atoms with Gasteiger partial charge in [-0.3, -0.25) is 9.59 Å². The number of carbonyl (C=O) groups is 2. The van der Waals surface area contributed by atoms with E-state index in [1.165, 1.54) is 5.56 Å². The van der Waals surface area contributed by atoms with Crippen LogP contribution >= 0.6 is 0 Å². The number of carboxylic acids is 1. The van der Waals surface area contributed by atoms with Crippen LogP contribution < -0.4 is 0 Å². The first kappa shape index (κ1) is 17.0. The van der Waals surface area contributed by atoms with Gasteiger partial charge in [-0.05, 0) is 38.2 Å². The highest BCUT2D eigenvalue weighted by Crippen LogP contribution is 2.35. The molecule has 3 atom stereocenters. The van der Waals surface area contributed by atoms with Gasteiger partial charge in [0.1, 0.15) is 0 Å². The van der Waals surface area contributed by atoms with E-state index in [4.69, 9.17) is 4.74 Å². The number of aliphatic carboxylic acids is 1. The van der Waals surface area contributed by atoms with Gasteiger partial charge in [0.15, 0.2) is 0 Å². The fourth-order valence-corrected chi connectivity index (χ4v) is 3.73. The van der Waals surface area contributed by atoms with Gasteiger partial charge in [0.05, 0.1) is 17.9 Å². The first-order chi connectivity index (χ1) is 11.6. The number of hydrogen-bond acceptors (Lipinski definition) is 3. The van der Waals surface area contributed by atoms with Crippen molar-refractivity contribution in [1.82, 2.24) is 4.90 Å². The molecule has 0 radical (unpaired) electrons. The Balaban J connectivity index is 1.76. The maximum atomic E-state index is 13.0. The van der Waals surface area contributed by atoms with E-state index in [1.807, 2.05) is 31.2 Å². The summed E-state index contributed by atoms with van der Waals surface area (Å²) in [6.07, 6.45) is 2.85. The average Bonchev–Trinajstić information content (AvgIpc) is 2.62. The number of nitrogens with zero attached hydrogens (tertiary/aromatic N) is 1. The third-order valence-electron chi connectivity index (χ3n) is 5.13. The van der Waals surface area contributed by atoms with Crippen LogP contribution in [0.25, 0.3) is 0 Å². The smallest absolute Gasteiger partial charge is 0.308 e. The molecule has 0 aliphatic carbocycles. The number of amides is 1. The Bertz CT molecular complexity index is 598. The van der Waals surface area contributed by atoms with Crippen molar-refractivity contribution in [2.75, 3.05) is 19.7 Å². The van der Waals surface area contributed by atoms with Crippen LogP contribution in [0.2, 0.25) is 0 Å². The summed E-state index contributed by atoms with van der Waals surface area (Å²) in [6.45, 7) is 3.68. The van der Waals surface area contributed by atoms with Gasteiger partial charge in [-0.1, -0.05) is 29.8 Å². The Kier molecular flexibility index (Phi) is 5.19. The molecule has 0 bridgehead atoms. The van der Waals surface area contributed by atoms with Crippen molar-refractivity contribution in [2.24, 2.45) is 11.8 Å². The highest BCUT2D eigenvalue weighted by Gasteiger charge is 2.38. The van der Waals surface area contributed by atoms with Crippen LogP contribution in [0.3, 0.4) is 0 Å². The fourth-order valence-electron chi connectivity index (χ4n) is 3.73. The highest BCUT2D eigenvalue weighted by molar-refractivity contribution is 5.81. The monoisotopic (exact) mass is 331 g/mol. The molecule has 24 heavy (non-hydrogen) atoms. The van der Waals surface area contributed by atoms with E-state index in [9.17, 15) is 14.7 Å². The van der Waals surface area contributed by atoms with Gasteiger partial charge in [0, 0.05) is 19.7 Å². The molecule has 1 amide bonds. The molecule has 2 aliphatic rings. The maximum Gasteiger partial charge on any atom is 0.308 e. The fraction of sp³-hybridized carbons (Fsp3) is 0.579. The van der Waals surface area contributed by atoms with Crippen molar-refractivity contribution in [3.8, 4) is 0 Å². The molecule has 3 rings (SSSR count). The molecule has 1 aromatic rings. The standard InChI is InChI=1S/C19H25NO4/c1-13-6-8-14(9-7-13)17-16(5-3-11-24-17)18(21)20-10-2-4-15(12-20)19(22)23/h6-9,15-17H,2-5,10-12H2,1H3,(H,22,23)/t15-,16?,17?/m0/s1. The molecular weight excluding hydrogens is 306 g/mol. The van der Waals surface area contributed by atoms with E-state index in [0.29, 0.717) is 26.1 Å². The molecule has 5 nitrogen and oxygen atoms in total. The molecule has 0 saturated carbocycles. The lowest BCUT2D eigenvalue weighted by Crippen LogP contribution is -2.47. The van der Waals surface area contributed by atoms with Crippen LogP contribution in [0.4, 0.5) is 0 Å². The number of rotatable bonds is 3. The SMILES string of the molecule is Cc1ccc(C2OCCCC2C(=O)N2CCC[C@H](C(=O)O)C2)cc1. The molecule has 2 fully saturated rings. The summed E-state index contributed by atoms with van der Waals surface area (Å²) in [6, 6.07) is 8.14. The molecule has 130 valence electrons. The Morgan fingerprint density at radius 2 is 1.92 bits per heavy atom. The van der Waals surface area contributed by atoms with E-state index in [-0.39, 0.29) is 17.9 Å². The number of carboxylic acid groups (broad SMARTS) is 1. The minimum absolute atomic E-state index is 0.0474. The van der Waals surface area contributed by atoms with Gasteiger partial charge in [-0.2, -0.15) is 0 Å². The van der Waals surface area contributed by atoms with E-state index in [0.717, 1.165) is 24.8 Å². The van der Waals surface area contributed by atoms with Crippen LogP contribution in [0, 0.1) is 18.8 Å². The number of benzene rings is 1. The van der Waals surface area contributed by atoms with E-state index in [1.54, 1.807) is 4.90 Å². The molecule has 0 spiro atoms. The number of piperidine rings is 1. The molecule has 2 saturated heterocycles. The van der Waals surface area contributed by atoms with E-state index >= 15 is 0 Å². The van der Waals surface area contributed by atoms with Gasteiger partial charge in [0.2, 0.25) is 5.91 Å². The zero-order valence-electron chi connectivity index (χ0n) is 14.1. The molecule has 5 heteroatoms. The molecule has 2 aliphatic heterocycles. The molecular formula is C19H25NO4. The summed E-state index contributed by atoms with van der Waals surface area (Å²) >= 11 is 0. The topological polar surface area (TPSA) is 66.8 Å². The molecule has 0 aromatic heterocycles. The molecule has 2 heterocycles. The zero-order chi connectivity index (χ0) is 17.1. The van der Waals surface area contributed by atoms with Gasteiger partial charge >= 0.3 is 5.97 Å². The Labute approximate surface area is 142 Å². The third-order valence-corrected chi connectivity index (χ3v) is 5.13. The van der Waals surface area contributed by atoms with Crippen LogP contribution in [-0.2, 0) is 14.3 Å². The lowest BCUT2D eigenvalue weighted by Gasteiger charge is -2.37. The third kappa shape index (κ3) is 3.61. The van der Waals surface area contributed by atoms with Crippen molar-refractivity contribution in [3.05, 3.63) is 35.4 Å². The summed E-state index contributed by atoms with van der Waals surface area (Å²) in [7, 11) is 0.